The van der Waals surface area contributed by atoms with Gasteiger partial charge >= 0.3 is 12.1 Å². The summed E-state index contributed by atoms with van der Waals surface area (Å²) >= 11 is 0. The lowest BCUT2D eigenvalue weighted by atomic mass is 9.89. The molecular weight excluding hydrogens is 621 g/mol. The van der Waals surface area contributed by atoms with Gasteiger partial charge in [0.15, 0.2) is 5.66 Å². The molecule has 0 spiro atoms. The summed E-state index contributed by atoms with van der Waals surface area (Å²) in [4.78, 5) is 35.8. The standard InChI is InChI=1S/C33H39F3N4O7/c1-22-28(9-4-10-37-22)24-19-32(40-11-13-44-14-12-40,39-30(43)23-5-2-6-25(17-23)33(34,35)36)31(38-20-24)47-27-8-3-7-26(18-27)46-16-15-45-21-29(41)42/h2,4-6,9-10,17,20,26-27H,3,7-8,11-16,18-19,21H2,1H3,(H,39,43)(H,41,42)/t26-,27-,32?/m1/s1. The number of nitrogens with one attached hydrogen (secondary N) is 1. The molecule has 3 aliphatic rings. The van der Waals surface area contributed by atoms with Crippen LogP contribution in [0.5, 0.6) is 0 Å². The number of halogens is 3. The zero-order valence-corrected chi connectivity index (χ0v) is 26.1. The second-order valence-corrected chi connectivity index (χ2v) is 11.7. The van der Waals surface area contributed by atoms with Crippen molar-refractivity contribution in [2.24, 2.45) is 4.99 Å². The van der Waals surface area contributed by atoms with Crippen molar-refractivity contribution < 1.29 is 46.8 Å². The first-order valence-electron chi connectivity index (χ1n) is 15.6. The molecule has 1 aliphatic carbocycles. The average molecular weight is 661 g/mol. The van der Waals surface area contributed by atoms with E-state index in [1.807, 2.05) is 24.0 Å². The zero-order chi connectivity index (χ0) is 33.4. The molecule has 1 unspecified atom stereocenters. The normalized spacial score (nSPS) is 23.8. The Morgan fingerprint density at radius 1 is 1.13 bits per heavy atom. The minimum Gasteiger partial charge on any atom is -0.480 e. The van der Waals surface area contributed by atoms with Crippen LogP contribution in [0.2, 0.25) is 0 Å². The van der Waals surface area contributed by atoms with Gasteiger partial charge in [-0.1, -0.05) is 12.1 Å². The van der Waals surface area contributed by atoms with E-state index in [1.54, 1.807) is 12.4 Å². The highest BCUT2D eigenvalue weighted by Crippen LogP contribution is 2.37. The molecule has 1 aromatic carbocycles. The van der Waals surface area contributed by atoms with Gasteiger partial charge < -0.3 is 29.4 Å². The van der Waals surface area contributed by atoms with Crippen LogP contribution in [-0.2, 0) is 29.9 Å². The molecule has 254 valence electrons. The molecule has 5 rings (SSSR count). The number of hydrogen-bond donors (Lipinski definition) is 2. The lowest BCUT2D eigenvalue weighted by molar-refractivity contribution is -0.143. The fourth-order valence-electron chi connectivity index (χ4n) is 6.17. The van der Waals surface area contributed by atoms with Gasteiger partial charge in [0.05, 0.1) is 38.1 Å². The number of alkyl halides is 3. The minimum absolute atomic E-state index is 0.142. The number of pyridine rings is 1. The number of hydrogen-bond acceptors (Lipinski definition) is 9. The van der Waals surface area contributed by atoms with E-state index in [1.165, 1.54) is 12.1 Å². The van der Waals surface area contributed by atoms with Crippen LogP contribution >= 0.6 is 0 Å². The van der Waals surface area contributed by atoms with Gasteiger partial charge in [-0.25, -0.2) is 9.79 Å². The molecule has 1 saturated heterocycles. The molecule has 1 amide bonds. The Balaban J connectivity index is 1.45. The SMILES string of the molecule is Cc1ncccc1C1=CN=C(O[C@@H]2CCC[C@@H](OCCOCC(=O)O)C2)C(NC(=O)c2cccc(C(F)(F)F)c2)(N2CCOCC2)C1. The number of aromatic nitrogens is 1. The summed E-state index contributed by atoms with van der Waals surface area (Å²) in [5.41, 5.74) is -0.0373. The van der Waals surface area contributed by atoms with E-state index in [0.717, 1.165) is 41.8 Å². The van der Waals surface area contributed by atoms with Crippen LogP contribution in [0.3, 0.4) is 0 Å². The van der Waals surface area contributed by atoms with Gasteiger partial charge in [-0.15, -0.1) is 0 Å². The molecule has 1 saturated carbocycles. The van der Waals surface area contributed by atoms with Gasteiger partial charge in [0, 0.05) is 55.1 Å². The summed E-state index contributed by atoms with van der Waals surface area (Å²) in [7, 11) is 0. The highest BCUT2D eigenvalue weighted by Gasteiger charge is 2.49. The number of carbonyl (C=O) groups is 2. The number of amides is 1. The highest BCUT2D eigenvalue weighted by molar-refractivity contribution is 6.01. The quantitative estimate of drug-likeness (QED) is 0.336. The Morgan fingerprint density at radius 3 is 2.66 bits per heavy atom. The van der Waals surface area contributed by atoms with Crippen LogP contribution in [0.1, 0.15) is 59.3 Å². The Labute approximate surface area is 270 Å². The van der Waals surface area contributed by atoms with Crippen molar-refractivity contribution in [3.8, 4) is 0 Å². The lowest BCUT2D eigenvalue weighted by Gasteiger charge is -2.48. The Hall–Kier alpha value is -3.85. The summed E-state index contributed by atoms with van der Waals surface area (Å²) in [5, 5.41) is 11.8. The van der Waals surface area contributed by atoms with Crippen LogP contribution < -0.4 is 5.32 Å². The molecule has 11 nitrogen and oxygen atoms in total. The predicted molar refractivity (Wildman–Crippen MR) is 165 cm³/mol. The number of rotatable bonds is 11. The van der Waals surface area contributed by atoms with E-state index in [4.69, 9.17) is 29.0 Å². The van der Waals surface area contributed by atoms with Gasteiger partial charge in [0.25, 0.3) is 5.91 Å². The van der Waals surface area contributed by atoms with Crippen molar-refractivity contribution >= 4 is 23.3 Å². The van der Waals surface area contributed by atoms with Crippen molar-refractivity contribution in [2.75, 3.05) is 46.1 Å². The van der Waals surface area contributed by atoms with E-state index in [-0.39, 0.29) is 43.3 Å². The molecule has 2 aromatic rings. The number of morpholine rings is 1. The summed E-state index contributed by atoms with van der Waals surface area (Å²) in [6.07, 6.45) is 1.32. The van der Waals surface area contributed by atoms with Gasteiger partial charge in [0.1, 0.15) is 12.7 Å². The average Bonchev–Trinajstić information content (AvgIpc) is 3.06. The molecule has 2 aliphatic heterocycles. The topological polar surface area (TPSA) is 132 Å². The summed E-state index contributed by atoms with van der Waals surface area (Å²) in [6, 6.07) is 8.06. The number of aryl methyl sites for hydroxylation is 1. The summed E-state index contributed by atoms with van der Waals surface area (Å²) < 4.78 is 64.1. The van der Waals surface area contributed by atoms with Crippen molar-refractivity contribution in [1.82, 2.24) is 15.2 Å². The molecule has 0 radical (unpaired) electrons. The molecule has 3 atom stereocenters. The fourth-order valence-corrected chi connectivity index (χ4v) is 6.17. The Kier molecular flexibility index (Phi) is 11.3. The molecular formula is C33H39F3N4O7. The number of aliphatic imine (C=N–C) groups is 1. The molecule has 3 heterocycles. The van der Waals surface area contributed by atoms with Crippen molar-refractivity contribution in [3.63, 3.8) is 0 Å². The predicted octanol–water partition coefficient (Wildman–Crippen LogP) is 4.46. The molecule has 0 bridgehead atoms. The summed E-state index contributed by atoms with van der Waals surface area (Å²) in [6.45, 7) is 3.43. The first-order chi connectivity index (χ1) is 22.5. The number of carbonyl (C=O) groups excluding carboxylic acids is 1. The van der Waals surface area contributed by atoms with E-state index < -0.39 is 35.9 Å². The lowest BCUT2D eigenvalue weighted by Crippen LogP contribution is -2.69. The van der Waals surface area contributed by atoms with E-state index >= 15 is 0 Å². The highest BCUT2D eigenvalue weighted by atomic mass is 19.4. The fraction of sp³-hybridized carbons (Fsp3) is 0.515. The third-order valence-electron chi connectivity index (χ3n) is 8.48. The largest absolute Gasteiger partial charge is 0.480 e. The van der Waals surface area contributed by atoms with Gasteiger partial charge in [0.2, 0.25) is 5.90 Å². The Bertz CT molecular complexity index is 1480. The van der Waals surface area contributed by atoms with Crippen molar-refractivity contribution in [2.45, 2.75) is 63.1 Å². The smallest absolute Gasteiger partial charge is 0.416 e. The van der Waals surface area contributed by atoms with Crippen LogP contribution in [0.4, 0.5) is 13.2 Å². The molecule has 14 heteroatoms. The second-order valence-electron chi connectivity index (χ2n) is 11.7. The van der Waals surface area contributed by atoms with Gasteiger partial charge in [-0.3, -0.25) is 14.7 Å². The Morgan fingerprint density at radius 2 is 1.91 bits per heavy atom. The number of ether oxygens (including phenoxy) is 4. The van der Waals surface area contributed by atoms with Crippen LogP contribution in [0.25, 0.3) is 5.57 Å². The maximum Gasteiger partial charge on any atom is 0.416 e. The number of carboxylic acids is 1. The van der Waals surface area contributed by atoms with Crippen LogP contribution in [-0.4, -0.2) is 96.8 Å². The molecule has 2 N–H and O–H groups in total. The van der Waals surface area contributed by atoms with Crippen LogP contribution in [0.15, 0.2) is 53.8 Å². The molecule has 2 fully saturated rings. The first kappa shape index (κ1) is 34.5. The third kappa shape index (κ3) is 8.74. The number of aliphatic carboxylic acids is 1. The van der Waals surface area contributed by atoms with Gasteiger partial charge in [-0.2, -0.15) is 13.2 Å². The molecule has 1 aromatic heterocycles. The van der Waals surface area contributed by atoms with E-state index in [0.29, 0.717) is 39.1 Å². The maximum atomic E-state index is 13.9. The minimum atomic E-state index is -4.62. The van der Waals surface area contributed by atoms with Crippen LogP contribution in [0, 0.1) is 6.92 Å². The molecule has 47 heavy (non-hydrogen) atoms. The first-order valence-corrected chi connectivity index (χ1v) is 15.6. The summed E-state index contributed by atoms with van der Waals surface area (Å²) in [5.74, 6) is -1.51. The van der Waals surface area contributed by atoms with E-state index in [9.17, 15) is 22.8 Å². The number of carboxylic acid groups (broad SMARTS) is 1. The van der Waals surface area contributed by atoms with Gasteiger partial charge in [-0.05, 0) is 56.0 Å². The zero-order valence-electron chi connectivity index (χ0n) is 26.1. The number of nitrogens with zero attached hydrogens (tertiary/aromatic N) is 3. The second kappa shape index (κ2) is 15.4. The number of benzene rings is 1. The van der Waals surface area contributed by atoms with Crippen molar-refractivity contribution in [1.29, 1.82) is 0 Å². The maximum absolute atomic E-state index is 13.9. The van der Waals surface area contributed by atoms with Crippen molar-refractivity contribution in [3.05, 3.63) is 71.2 Å². The van der Waals surface area contributed by atoms with E-state index in [2.05, 4.69) is 10.3 Å². The monoisotopic (exact) mass is 660 g/mol. The third-order valence-corrected chi connectivity index (χ3v) is 8.48.